The van der Waals surface area contributed by atoms with Crippen molar-refractivity contribution < 1.29 is 38.6 Å². The molecule has 33 heavy (non-hydrogen) atoms. The Morgan fingerprint density at radius 3 is 2.42 bits per heavy atom. The Morgan fingerprint density at radius 2 is 1.88 bits per heavy atom. The molecule has 0 aromatic heterocycles. The number of carbonyl (C=O) groups is 5. The number of nitrogens with one attached hydrogen (secondary N) is 2. The first-order valence-electron chi connectivity index (χ1n) is 10.3. The standard InChI is InChI=1S/C17H20N2O6.C5H13NO2/c1-18-16(23)14(6-4-8-20)19(2)17(24)12-5-3-7-15(13(12)11-22)25-10-9-21;1-6-2-4-8-5-3-7/h3,5,7-9,11,14H,4,6,10H2,1-2H3,(H,18,23);6-7H,2-5H2,1H3. The van der Waals surface area contributed by atoms with Gasteiger partial charge in [-0.2, -0.15) is 0 Å². The molecule has 0 saturated carbocycles. The van der Waals surface area contributed by atoms with Gasteiger partial charge in [0.1, 0.15) is 24.7 Å². The molecule has 1 atom stereocenters. The molecule has 0 heterocycles. The summed E-state index contributed by atoms with van der Waals surface area (Å²) in [6, 6.07) is 3.54. The molecular weight excluding hydrogens is 434 g/mol. The minimum atomic E-state index is -0.859. The fourth-order valence-corrected chi connectivity index (χ4v) is 2.67. The summed E-state index contributed by atoms with van der Waals surface area (Å²) in [6.07, 6.45) is 1.92. The van der Waals surface area contributed by atoms with Crippen molar-refractivity contribution in [1.29, 1.82) is 0 Å². The first kappa shape index (κ1) is 29.9. The van der Waals surface area contributed by atoms with Crippen molar-refractivity contribution in [1.82, 2.24) is 15.5 Å². The van der Waals surface area contributed by atoms with E-state index in [0.717, 1.165) is 6.54 Å². The quantitative estimate of drug-likeness (QED) is 0.228. The van der Waals surface area contributed by atoms with E-state index in [1.165, 1.54) is 37.2 Å². The normalized spacial score (nSPS) is 10.8. The SMILES string of the molecule is CNC(=O)C(CCC=O)N(C)C(=O)c1cccc(OCC=O)c1C=O.CNCCOCCO. The molecule has 1 unspecified atom stereocenters. The molecule has 0 saturated heterocycles. The van der Waals surface area contributed by atoms with Gasteiger partial charge in [0.25, 0.3) is 5.91 Å². The number of aldehydes is 3. The van der Waals surface area contributed by atoms with E-state index in [-0.39, 0.29) is 42.9 Å². The molecule has 0 bridgehead atoms. The van der Waals surface area contributed by atoms with Gasteiger partial charge in [0.15, 0.2) is 12.6 Å². The minimum absolute atomic E-state index is 0.00718. The second kappa shape index (κ2) is 18.4. The Morgan fingerprint density at radius 1 is 1.15 bits per heavy atom. The Balaban J connectivity index is 0.00000109. The van der Waals surface area contributed by atoms with Crippen LogP contribution in [0.15, 0.2) is 18.2 Å². The number of aliphatic hydroxyl groups is 1. The molecule has 0 fully saturated rings. The van der Waals surface area contributed by atoms with E-state index in [9.17, 15) is 24.0 Å². The molecule has 0 aliphatic rings. The first-order chi connectivity index (χ1) is 15.9. The number of ether oxygens (including phenoxy) is 2. The van der Waals surface area contributed by atoms with Crippen LogP contribution in [-0.4, -0.2) is 101 Å². The molecule has 1 rings (SSSR count). The van der Waals surface area contributed by atoms with Crippen LogP contribution in [0.1, 0.15) is 33.6 Å². The highest BCUT2D eigenvalue weighted by molar-refractivity contribution is 6.04. The van der Waals surface area contributed by atoms with E-state index < -0.39 is 17.9 Å². The number of nitrogens with zero attached hydrogens (tertiary/aromatic N) is 1. The largest absolute Gasteiger partial charge is 0.485 e. The zero-order chi connectivity index (χ0) is 25.1. The molecular formula is C22H33N3O8. The molecule has 184 valence electrons. The average Bonchev–Trinajstić information content (AvgIpc) is 2.84. The summed E-state index contributed by atoms with van der Waals surface area (Å²) in [5.74, 6) is -0.886. The van der Waals surface area contributed by atoms with E-state index in [0.29, 0.717) is 32.1 Å². The third kappa shape index (κ3) is 10.8. The third-order valence-corrected chi connectivity index (χ3v) is 4.35. The number of carbonyl (C=O) groups excluding carboxylic acids is 5. The number of benzene rings is 1. The monoisotopic (exact) mass is 467 g/mol. The van der Waals surface area contributed by atoms with Crippen LogP contribution < -0.4 is 15.4 Å². The van der Waals surface area contributed by atoms with Crippen molar-refractivity contribution in [3.63, 3.8) is 0 Å². The first-order valence-corrected chi connectivity index (χ1v) is 10.3. The van der Waals surface area contributed by atoms with Crippen molar-refractivity contribution in [2.45, 2.75) is 18.9 Å². The molecule has 1 aromatic carbocycles. The average molecular weight is 468 g/mol. The lowest BCUT2D eigenvalue weighted by atomic mass is 10.0. The Hall–Kier alpha value is -3.15. The number of aliphatic hydroxyl groups excluding tert-OH is 1. The van der Waals surface area contributed by atoms with Crippen LogP contribution >= 0.6 is 0 Å². The fraction of sp³-hybridized carbons (Fsp3) is 0.500. The van der Waals surface area contributed by atoms with Gasteiger partial charge in [-0.05, 0) is 25.6 Å². The van der Waals surface area contributed by atoms with Gasteiger partial charge in [0, 0.05) is 27.1 Å². The second-order valence-corrected chi connectivity index (χ2v) is 6.54. The van der Waals surface area contributed by atoms with Crippen molar-refractivity contribution in [2.75, 3.05) is 54.1 Å². The summed E-state index contributed by atoms with van der Waals surface area (Å²) in [7, 11) is 4.71. The van der Waals surface area contributed by atoms with Gasteiger partial charge in [-0.15, -0.1) is 0 Å². The molecule has 0 aliphatic heterocycles. The van der Waals surface area contributed by atoms with Gasteiger partial charge in [0.05, 0.1) is 30.9 Å². The van der Waals surface area contributed by atoms with Crippen LogP contribution in [0.25, 0.3) is 0 Å². The molecule has 3 N–H and O–H groups in total. The number of likely N-dealkylation sites (N-methyl/N-ethyl adjacent to an activating group) is 3. The zero-order valence-corrected chi connectivity index (χ0v) is 19.2. The maximum Gasteiger partial charge on any atom is 0.255 e. The van der Waals surface area contributed by atoms with E-state index in [2.05, 4.69) is 10.6 Å². The summed E-state index contributed by atoms with van der Waals surface area (Å²) in [5.41, 5.74) is 0.0353. The Bertz CT molecular complexity index is 751. The highest BCUT2D eigenvalue weighted by Crippen LogP contribution is 2.23. The highest BCUT2D eigenvalue weighted by Gasteiger charge is 2.28. The Kier molecular flexibility index (Phi) is 16.7. The van der Waals surface area contributed by atoms with Crippen molar-refractivity contribution in [2.24, 2.45) is 0 Å². The van der Waals surface area contributed by atoms with E-state index in [4.69, 9.17) is 14.6 Å². The van der Waals surface area contributed by atoms with Gasteiger partial charge in [-0.25, -0.2) is 0 Å². The third-order valence-electron chi connectivity index (χ3n) is 4.35. The summed E-state index contributed by atoms with van der Waals surface area (Å²) >= 11 is 0. The van der Waals surface area contributed by atoms with Crippen LogP contribution in [0.4, 0.5) is 0 Å². The predicted molar refractivity (Wildman–Crippen MR) is 120 cm³/mol. The summed E-state index contributed by atoms with van der Waals surface area (Å²) in [4.78, 5) is 58.4. The molecule has 2 amide bonds. The van der Waals surface area contributed by atoms with E-state index in [1.807, 2.05) is 7.05 Å². The van der Waals surface area contributed by atoms with Crippen LogP contribution in [0.2, 0.25) is 0 Å². The number of hydrogen-bond donors (Lipinski definition) is 3. The predicted octanol–water partition coefficient (Wildman–Crippen LogP) is -0.543. The maximum absolute atomic E-state index is 12.7. The van der Waals surface area contributed by atoms with Gasteiger partial charge >= 0.3 is 0 Å². The van der Waals surface area contributed by atoms with E-state index >= 15 is 0 Å². The topological polar surface area (TPSA) is 151 Å². The number of amides is 2. The van der Waals surface area contributed by atoms with Crippen molar-refractivity contribution in [3.8, 4) is 5.75 Å². The molecule has 11 nitrogen and oxygen atoms in total. The lowest BCUT2D eigenvalue weighted by Gasteiger charge is -2.27. The summed E-state index contributed by atoms with van der Waals surface area (Å²) < 4.78 is 10.1. The van der Waals surface area contributed by atoms with Gasteiger partial charge in [-0.3, -0.25) is 19.2 Å². The van der Waals surface area contributed by atoms with Crippen molar-refractivity contribution >= 4 is 30.7 Å². The Labute approximate surface area is 193 Å². The van der Waals surface area contributed by atoms with Crippen molar-refractivity contribution in [3.05, 3.63) is 29.3 Å². The molecule has 0 aliphatic carbocycles. The fourth-order valence-electron chi connectivity index (χ4n) is 2.67. The minimum Gasteiger partial charge on any atom is -0.485 e. The zero-order valence-electron chi connectivity index (χ0n) is 19.2. The summed E-state index contributed by atoms with van der Waals surface area (Å²) in [5, 5.41) is 13.6. The number of hydrogen-bond acceptors (Lipinski definition) is 9. The highest BCUT2D eigenvalue weighted by atomic mass is 16.5. The number of rotatable bonds is 15. The second-order valence-electron chi connectivity index (χ2n) is 6.54. The lowest BCUT2D eigenvalue weighted by Crippen LogP contribution is -2.47. The van der Waals surface area contributed by atoms with Gasteiger partial charge < -0.3 is 34.9 Å². The molecule has 0 radical (unpaired) electrons. The van der Waals surface area contributed by atoms with Crippen LogP contribution in [0.5, 0.6) is 5.75 Å². The summed E-state index contributed by atoms with van der Waals surface area (Å²) in [6.45, 7) is 1.83. The lowest BCUT2D eigenvalue weighted by molar-refractivity contribution is -0.125. The van der Waals surface area contributed by atoms with Crippen LogP contribution in [0, 0.1) is 0 Å². The van der Waals surface area contributed by atoms with E-state index in [1.54, 1.807) is 0 Å². The van der Waals surface area contributed by atoms with Gasteiger partial charge in [0.2, 0.25) is 5.91 Å². The van der Waals surface area contributed by atoms with Crippen LogP contribution in [0.3, 0.4) is 0 Å². The maximum atomic E-state index is 12.7. The smallest absolute Gasteiger partial charge is 0.255 e. The molecule has 11 heteroatoms. The molecule has 1 aromatic rings. The van der Waals surface area contributed by atoms with Gasteiger partial charge in [-0.1, -0.05) is 6.07 Å². The van der Waals surface area contributed by atoms with Crippen LogP contribution in [-0.2, 0) is 19.1 Å². The molecule has 0 spiro atoms.